The van der Waals surface area contributed by atoms with Gasteiger partial charge in [0.05, 0.1) is 12.7 Å². The zero-order valence-electron chi connectivity index (χ0n) is 10.2. The summed E-state index contributed by atoms with van der Waals surface area (Å²) in [5, 5.41) is 1.42. The van der Waals surface area contributed by atoms with Crippen molar-refractivity contribution in [2.24, 2.45) is 0 Å². The van der Waals surface area contributed by atoms with Crippen LogP contribution in [0.1, 0.15) is 12.5 Å². The minimum absolute atomic E-state index is 0.0872. The third-order valence-corrected chi connectivity index (χ3v) is 4.28. The molecule has 0 N–H and O–H groups in total. The molecule has 2 atom stereocenters. The molecule has 1 aliphatic heterocycles. The molecule has 2 nitrogen and oxygen atoms in total. The second-order valence-electron chi connectivity index (χ2n) is 4.59. The molecule has 1 saturated heterocycles. The Morgan fingerprint density at radius 2 is 2.00 bits per heavy atom. The standard InChI is InChI=1S/C13H16Cl3NO/c1-9-8-18-10(5-14)6-17(9)7-11-12(15)3-2-4-13(11)16/h2-4,9-10H,5-8H2,1H3. The van der Waals surface area contributed by atoms with E-state index in [1.807, 2.05) is 18.2 Å². The predicted octanol–water partition coefficient (Wildman–Crippen LogP) is 3.82. The summed E-state index contributed by atoms with van der Waals surface area (Å²) in [6.45, 7) is 4.37. The van der Waals surface area contributed by atoms with Crippen LogP contribution in [0.5, 0.6) is 0 Å². The maximum absolute atomic E-state index is 6.20. The highest BCUT2D eigenvalue weighted by atomic mass is 35.5. The molecule has 1 aliphatic rings. The number of ether oxygens (including phenoxy) is 1. The quantitative estimate of drug-likeness (QED) is 0.787. The van der Waals surface area contributed by atoms with Crippen molar-refractivity contribution in [3.05, 3.63) is 33.8 Å². The molecule has 0 aromatic heterocycles. The second-order valence-corrected chi connectivity index (χ2v) is 5.71. The van der Waals surface area contributed by atoms with Gasteiger partial charge in [-0.2, -0.15) is 0 Å². The van der Waals surface area contributed by atoms with Crippen molar-refractivity contribution in [1.29, 1.82) is 0 Å². The molecule has 0 radical (unpaired) electrons. The van der Waals surface area contributed by atoms with E-state index in [0.717, 1.165) is 18.7 Å². The van der Waals surface area contributed by atoms with E-state index in [2.05, 4.69) is 11.8 Å². The first kappa shape index (κ1) is 14.4. The largest absolute Gasteiger partial charge is 0.374 e. The minimum atomic E-state index is 0.0872. The average molecular weight is 309 g/mol. The Morgan fingerprint density at radius 3 is 2.61 bits per heavy atom. The normalized spacial score (nSPS) is 25.3. The average Bonchev–Trinajstić information content (AvgIpc) is 2.36. The lowest BCUT2D eigenvalue weighted by Gasteiger charge is -2.37. The van der Waals surface area contributed by atoms with Crippen molar-refractivity contribution in [2.75, 3.05) is 19.0 Å². The van der Waals surface area contributed by atoms with Gasteiger partial charge in [0.15, 0.2) is 0 Å². The van der Waals surface area contributed by atoms with E-state index < -0.39 is 0 Å². The zero-order chi connectivity index (χ0) is 13.1. The van der Waals surface area contributed by atoms with Crippen molar-refractivity contribution in [1.82, 2.24) is 4.90 Å². The highest BCUT2D eigenvalue weighted by Gasteiger charge is 2.26. The molecule has 5 heteroatoms. The molecule has 0 saturated carbocycles. The Bertz CT molecular complexity index is 393. The van der Waals surface area contributed by atoms with Crippen LogP contribution in [0.3, 0.4) is 0 Å². The van der Waals surface area contributed by atoms with Crippen molar-refractivity contribution in [2.45, 2.75) is 25.6 Å². The van der Waals surface area contributed by atoms with Gasteiger partial charge in [-0.1, -0.05) is 29.3 Å². The van der Waals surface area contributed by atoms with Crippen molar-refractivity contribution < 1.29 is 4.74 Å². The van der Waals surface area contributed by atoms with Crippen LogP contribution in [0, 0.1) is 0 Å². The van der Waals surface area contributed by atoms with E-state index in [-0.39, 0.29) is 6.10 Å². The molecule has 100 valence electrons. The van der Waals surface area contributed by atoms with Gasteiger partial charge in [0.25, 0.3) is 0 Å². The molecule has 0 bridgehead atoms. The number of benzene rings is 1. The van der Waals surface area contributed by atoms with Crippen LogP contribution in [0.25, 0.3) is 0 Å². The fraction of sp³-hybridized carbons (Fsp3) is 0.538. The molecule has 1 aromatic carbocycles. The molecule has 2 unspecified atom stereocenters. The Balaban J connectivity index is 2.12. The molecular weight excluding hydrogens is 293 g/mol. The highest BCUT2D eigenvalue weighted by molar-refractivity contribution is 6.35. The van der Waals surface area contributed by atoms with E-state index in [1.54, 1.807) is 0 Å². The Hall–Kier alpha value is 0.01000. The molecule has 2 rings (SSSR count). The maximum Gasteiger partial charge on any atom is 0.0838 e. The molecule has 0 spiro atoms. The van der Waals surface area contributed by atoms with Crippen molar-refractivity contribution >= 4 is 34.8 Å². The fourth-order valence-electron chi connectivity index (χ4n) is 2.08. The SMILES string of the molecule is CC1COC(CCl)CN1Cc1c(Cl)cccc1Cl. The zero-order valence-corrected chi connectivity index (χ0v) is 12.5. The van der Waals surface area contributed by atoms with Gasteiger partial charge < -0.3 is 4.74 Å². The van der Waals surface area contributed by atoms with E-state index >= 15 is 0 Å². The number of nitrogens with zero attached hydrogens (tertiary/aromatic N) is 1. The lowest BCUT2D eigenvalue weighted by atomic mass is 10.1. The van der Waals surface area contributed by atoms with Gasteiger partial charge in [0.2, 0.25) is 0 Å². The molecule has 0 amide bonds. The summed E-state index contributed by atoms with van der Waals surface area (Å²) in [6.07, 6.45) is 0.0872. The minimum Gasteiger partial charge on any atom is -0.374 e. The summed E-state index contributed by atoms with van der Waals surface area (Å²) < 4.78 is 5.63. The summed E-state index contributed by atoms with van der Waals surface area (Å²) in [6, 6.07) is 5.94. The predicted molar refractivity (Wildman–Crippen MR) is 76.8 cm³/mol. The fourth-order valence-corrected chi connectivity index (χ4v) is 2.78. The van der Waals surface area contributed by atoms with Crippen LogP contribution in [0.15, 0.2) is 18.2 Å². The Kier molecular flexibility index (Phi) is 5.16. The summed E-state index contributed by atoms with van der Waals surface area (Å²) >= 11 is 18.3. The number of morpholine rings is 1. The number of rotatable bonds is 3. The molecule has 1 heterocycles. The van der Waals surface area contributed by atoms with Crippen LogP contribution < -0.4 is 0 Å². The lowest BCUT2D eigenvalue weighted by molar-refractivity contribution is -0.0510. The first-order valence-corrected chi connectivity index (χ1v) is 7.25. The Morgan fingerprint density at radius 1 is 1.33 bits per heavy atom. The van der Waals surface area contributed by atoms with Gasteiger partial charge in [-0.25, -0.2) is 0 Å². The third-order valence-electron chi connectivity index (χ3n) is 3.23. The van der Waals surface area contributed by atoms with Crippen LogP contribution in [0.4, 0.5) is 0 Å². The van der Waals surface area contributed by atoms with Gasteiger partial charge in [-0.3, -0.25) is 4.90 Å². The Labute approximate surface area is 123 Å². The van der Waals surface area contributed by atoms with Gasteiger partial charge in [-0.15, -0.1) is 11.6 Å². The van der Waals surface area contributed by atoms with E-state index in [1.165, 1.54) is 0 Å². The molecule has 18 heavy (non-hydrogen) atoms. The van der Waals surface area contributed by atoms with E-state index in [9.17, 15) is 0 Å². The van der Waals surface area contributed by atoms with Crippen LogP contribution in [-0.2, 0) is 11.3 Å². The van der Waals surface area contributed by atoms with Gasteiger partial charge in [0, 0.05) is 40.6 Å². The number of hydrogen-bond acceptors (Lipinski definition) is 2. The van der Waals surface area contributed by atoms with Crippen LogP contribution >= 0.6 is 34.8 Å². The topological polar surface area (TPSA) is 12.5 Å². The summed E-state index contributed by atoms with van der Waals surface area (Å²) in [5.41, 5.74) is 0.975. The highest BCUT2D eigenvalue weighted by Crippen LogP contribution is 2.27. The first-order chi connectivity index (χ1) is 8.61. The van der Waals surface area contributed by atoms with E-state index in [0.29, 0.717) is 28.6 Å². The van der Waals surface area contributed by atoms with Crippen LogP contribution in [-0.4, -0.2) is 36.1 Å². The van der Waals surface area contributed by atoms with Crippen molar-refractivity contribution in [3.63, 3.8) is 0 Å². The number of alkyl halides is 1. The van der Waals surface area contributed by atoms with Crippen molar-refractivity contribution in [3.8, 4) is 0 Å². The third kappa shape index (κ3) is 3.31. The maximum atomic E-state index is 6.20. The lowest BCUT2D eigenvalue weighted by Crippen LogP contribution is -2.48. The van der Waals surface area contributed by atoms with Gasteiger partial charge in [0.1, 0.15) is 0 Å². The molecule has 1 fully saturated rings. The van der Waals surface area contributed by atoms with E-state index in [4.69, 9.17) is 39.5 Å². The monoisotopic (exact) mass is 307 g/mol. The first-order valence-electron chi connectivity index (χ1n) is 5.96. The number of halogens is 3. The summed E-state index contributed by atoms with van der Waals surface area (Å²) in [5.74, 6) is 0.513. The molecular formula is C13H16Cl3NO. The van der Waals surface area contributed by atoms with Gasteiger partial charge in [-0.05, 0) is 19.1 Å². The smallest absolute Gasteiger partial charge is 0.0838 e. The summed E-state index contributed by atoms with van der Waals surface area (Å²) in [7, 11) is 0. The summed E-state index contributed by atoms with van der Waals surface area (Å²) in [4.78, 5) is 2.31. The van der Waals surface area contributed by atoms with Crippen LogP contribution in [0.2, 0.25) is 10.0 Å². The van der Waals surface area contributed by atoms with Gasteiger partial charge >= 0.3 is 0 Å². The molecule has 0 aliphatic carbocycles. The number of hydrogen-bond donors (Lipinski definition) is 0. The molecule has 1 aromatic rings. The second kappa shape index (κ2) is 6.44.